The van der Waals surface area contributed by atoms with Crippen LogP contribution in [0.1, 0.15) is 0 Å². The summed E-state index contributed by atoms with van der Waals surface area (Å²) in [6, 6.07) is 0. The van der Waals surface area contributed by atoms with Gasteiger partial charge in [-0.25, -0.2) is 0 Å². The minimum Gasteiger partial charge on any atom is -1.00 e. The molecule has 0 aliphatic carbocycles. The normalized spacial score (nSPS) is 1.50. The maximum atomic E-state index is 6.00. The van der Waals surface area contributed by atoms with E-state index >= 15 is 0 Å². The van der Waals surface area contributed by atoms with Crippen LogP contribution in [0.25, 0.3) is 0 Å². The molecule has 0 atom stereocenters. The molecule has 1 radical (unpaired) electrons. The Morgan fingerprint density at radius 2 is 1.00 bits per heavy atom. The Labute approximate surface area is 40.6 Å². The van der Waals surface area contributed by atoms with E-state index in [4.69, 9.17) is 10.5 Å². The zero-order valence-corrected chi connectivity index (χ0v) is 3.49. The molecule has 0 aromatic rings. The molecular formula is H2ClFeO2. The second-order valence-corrected chi connectivity index (χ2v) is 0. The van der Waals surface area contributed by atoms with Crippen LogP contribution in [-0.2, 0) is 17.1 Å². The molecule has 0 heterocycles. The molecule has 0 bridgehead atoms. The van der Waals surface area contributed by atoms with E-state index in [0.29, 0.717) is 0 Å². The van der Waals surface area contributed by atoms with Crippen molar-refractivity contribution >= 4 is 0 Å². The van der Waals surface area contributed by atoms with Crippen LogP contribution in [0.4, 0.5) is 0 Å². The first-order valence-electron chi connectivity index (χ1n) is 0.200. The fourth-order valence-corrected chi connectivity index (χ4v) is 0. The first-order chi connectivity index (χ1) is 1.00. The Balaban J connectivity index is -0.00000000500. The van der Waals surface area contributed by atoms with E-state index in [1.54, 1.807) is 0 Å². The first kappa shape index (κ1) is 22.0. The maximum Gasteiger partial charge on any atom is 1.00 e. The van der Waals surface area contributed by atoms with Gasteiger partial charge in [-0.1, -0.05) is 0 Å². The van der Waals surface area contributed by atoms with Crippen molar-refractivity contribution in [2.75, 3.05) is 0 Å². The zero-order valence-electron chi connectivity index (χ0n) is 1.63. The average molecular weight is 125 g/mol. The molecule has 0 aliphatic rings. The summed E-state index contributed by atoms with van der Waals surface area (Å²) in [6.07, 6.45) is 0. The van der Waals surface area contributed by atoms with E-state index in [2.05, 4.69) is 0 Å². The van der Waals surface area contributed by atoms with Crippen molar-refractivity contribution in [1.82, 2.24) is 0 Å². The standard InChI is InChI=1S/ClH.Fe.H2O2/c;;1-2/h1H;;1-2H/q;+1;/p-1. The molecule has 2 N–H and O–H groups in total. The van der Waals surface area contributed by atoms with Crippen molar-refractivity contribution in [3.63, 3.8) is 0 Å². The van der Waals surface area contributed by atoms with E-state index in [1.807, 2.05) is 0 Å². The predicted molar refractivity (Wildman–Crippen MR) is 5.26 cm³/mol. The van der Waals surface area contributed by atoms with Gasteiger partial charge in [0.15, 0.2) is 0 Å². The van der Waals surface area contributed by atoms with Gasteiger partial charge in [0.05, 0.1) is 0 Å². The fraction of sp³-hybridized carbons (Fsp3) is 0. The molecule has 4 heavy (non-hydrogen) atoms. The Hall–Kier alpha value is 0.729. The van der Waals surface area contributed by atoms with Crippen molar-refractivity contribution in [2.24, 2.45) is 0 Å². The van der Waals surface area contributed by atoms with Crippen LogP contribution in [0, 0.1) is 0 Å². The van der Waals surface area contributed by atoms with Gasteiger partial charge in [0.2, 0.25) is 0 Å². The topological polar surface area (TPSA) is 40.5 Å². The molecule has 0 spiro atoms. The molecule has 0 unspecified atom stereocenters. The quantitative estimate of drug-likeness (QED) is 0.206. The molecule has 0 aliphatic heterocycles. The molecule has 4 heteroatoms. The van der Waals surface area contributed by atoms with Gasteiger partial charge in [-0.3, -0.25) is 10.5 Å². The molecule has 0 amide bonds. The second kappa shape index (κ2) is 52.2. The third-order valence-electron chi connectivity index (χ3n) is 0. The molecule has 0 fully saturated rings. The molecule has 0 saturated carbocycles. The van der Waals surface area contributed by atoms with Crippen LogP contribution < -0.4 is 12.4 Å². The van der Waals surface area contributed by atoms with Crippen LogP contribution >= 0.6 is 0 Å². The Morgan fingerprint density at radius 3 is 1.00 bits per heavy atom. The number of halogens is 1. The van der Waals surface area contributed by atoms with Crippen LogP contribution in [0.2, 0.25) is 0 Å². The molecule has 29 valence electrons. The van der Waals surface area contributed by atoms with E-state index in [9.17, 15) is 0 Å². The van der Waals surface area contributed by atoms with Crippen molar-refractivity contribution < 1.29 is 40.0 Å². The minimum absolute atomic E-state index is 0. The van der Waals surface area contributed by atoms with Crippen molar-refractivity contribution in [3.05, 3.63) is 0 Å². The summed E-state index contributed by atoms with van der Waals surface area (Å²) in [6.45, 7) is 0. The fourth-order valence-electron chi connectivity index (χ4n) is 0. The number of hydrogen-bond acceptors (Lipinski definition) is 2. The summed E-state index contributed by atoms with van der Waals surface area (Å²) in [5.74, 6) is 0. The van der Waals surface area contributed by atoms with Crippen molar-refractivity contribution in [3.8, 4) is 0 Å². The molecule has 0 rings (SSSR count). The Morgan fingerprint density at radius 1 is 1.00 bits per heavy atom. The van der Waals surface area contributed by atoms with Crippen LogP contribution in [0.5, 0.6) is 0 Å². The van der Waals surface area contributed by atoms with Gasteiger partial charge in [0, 0.05) is 0 Å². The SMILES string of the molecule is OO.[Cl-].[Fe+]. The third-order valence-corrected chi connectivity index (χ3v) is 0. The summed E-state index contributed by atoms with van der Waals surface area (Å²) >= 11 is 0. The molecule has 2 nitrogen and oxygen atoms in total. The Bertz CT molecular complexity index is 6.00. The maximum absolute atomic E-state index is 6.00. The summed E-state index contributed by atoms with van der Waals surface area (Å²) in [4.78, 5) is 0. The molecule has 0 aromatic heterocycles. The molecule has 0 saturated heterocycles. The smallest absolute Gasteiger partial charge is 1.00 e. The molecule has 0 aromatic carbocycles. The largest absolute Gasteiger partial charge is 1.00 e. The van der Waals surface area contributed by atoms with Gasteiger partial charge in [0.25, 0.3) is 0 Å². The van der Waals surface area contributed by atoms with Gasteiger partial charge in [-0.15, -0.1) is 0 Å². The van der Waals surface area contributed by atoms with Gasteiger partial charge >= 0.3 is 17.1 Å². The Kier molecular flexibility index (Phi) is 287. The van der Waals surface area contributed by atoms with E-state index in [1.165, 1.54) is 0 Å². The average Bonchev–Trinajstić information content (AvgIpc) is 1.00. The summed E-state index contributed by atoms with van der Waals surface area (Å²) in [7, 11) is 0. The van der Waals surface area contributed by atoms with Gasteiger partial charge in [0.1, 0.15) is 0 Å². The van der Waals surface area contributed by atoms with Gasteiger partial charge in [-0.2, -0.15) is 0 Å². The first-order valence-corrected chi connectivity index (χ1v) is 0.200. The third kappa shape index (κ3) is 15.3. The van der Waals surface area contributed by atoms with Crippen molar-refractivity contribution in [2.45, 2.75) is 0 Å². The minimum atomic E-state index is 0. The van der Waals surface area contributed by atoms with Crippen LogP contribution in [-0.4, -0.2) is 10.5 Å². The van der Waals surface area contributed by atoms with Crippen LogP contribution in [0.3, 0.4) is 0 Å². The van der Waals surface area contributed by atoms with Gasteiger partial charge in [-0.05, 0) is 0 Å². The molecular weight excluding hydrogens is 123 g/mol. The summed E-state index contributed by atoms with van der Waals surface area (Å²) in [5.41, 5.74) is 0. The number of hydrogen-bond donors (Lipinski definition) is 2. The van der Waals surface area contributed by atoms with Crippen LogP contribution in [0.15, 0.2) is 0 Å². The summed E-state index contributed by atoms with van der Waals surface area (Å²) < 4.78 is 0. The van der Waals surface area contributed by atoms with Gasteiger partial charge < -0.3 is 12.4 Å². The number of rotatable bonds is 0. The van der Waals surface area contributed by atoms with Crippen molar-refractivity contribution in [1.29, 1.82) is 0 Å². The van der Waals surface area contributed by atoms with E-state index < -0.39 is 0 Å². The van der Waals surface area contributed by atoms with E-state index in [0.717, 1.165) is 0 Å². The monoisotopic (exact) mass is 125 g/mol. The predicted octanol–water partition coefficient (Wildman–Crippen LogP) is -2.98. The zero-order chi connectivity index (χ0) is 2.00. The second-order valence-electron chi connectivity index (χ2n) is 0. The van der Waals surface area contributed by atoms with E-state index in [-0.39, 0.29) is 29.5 Å². The summed E-state index contributed by atoms with van der Waals surface area (Å²) in [5, 5.41) is 12.0.